The molecule has 1 atom stereocenters. The van der Waals surface area contributed by atoms with Crippen LogP contribution in [0.4, 0.5) is 0 Å². The van der Waals surface area contributed by atoms with Gasteiger partial charge >= 0.3 is 0 Å². The number of aliphatic hydroxyl groups is 1. The van der Waals surface area contributed by atoms with Crippen LogP contribution in [0.2, 0.25) is 0 Å². The Kier molecular flexibility index (Phi) is 6.19. The molecule has 0 spiro atoms. The summed E-state index contributed by atoms with van der Waals surface area (Å²) in [7, 11) is 0. The minimum atomic E-state index is -0.558. The summed E-state index contributed by atoms with van der Waals surface area (Å²) in [5, 5.41) is 15.0. The first kappa shape index (κ1) is 19.5. The van der Waals surface area contributed by atoms with Crippen LogP contribution >= 0.6 is 0 Å². The van der Waals surface area contributed by atoms with Gasteiger partial charge in [0.2, 0.25) is 0 Å². The van der Waals surface area contributed by atoms with Crippen molar-refractivity contribution in [2.45, 2.75) is 45.3 Å². The molecular weight excluding hydrogens is 336 g/mol. The van der Waals surface area contributed by atoms with E-state index in [-0.39, 0.29) is 12.1 Å². The summed E-state index contributed by atoms with van der Waals surface area (Å²) >= 11 is 0. The van der Waals surface area contributed by atoms with Crippen molar-refractivity contribution in [3.05, 3.63) is 65.9 Å². The third-order valence-electron chi connectivity index (χ3n) is 4.82. The van der Waals surface area contributed by atoms with Crippen LogP contribution in [0, 0.1) is 0 Å². The van der Waals surface area contributed by atoms with Gasteiger partial charge < -0.3 is 20.1 Å². The van der Waals surface area contributed by atoms with Crippen LogP contribution in [0.1, 0.15) is 32.0 Å². The number of aliphatic hydroxyl groups excluding tert-OH is 1. The quantitative estimate of drug-likeness (QED) is 0.535. The van der Waals surface area contributed by atoms with Gasteiger partial charge in [-0.15, -0.1) is 0 Å². The Labute approximate surface area is 161 Å². The molecule has 0 bridgehead atoms. The highest BCUT2D eigenvalue weighted by atomic mass is 16.5. The maximum absolute atomic E-state index is 10.3. The van der Waals surface area contributed by atoms with E-state index in [9.17, 15) is 5.11 Å². The van der Waals surface area contributed by atoms with Gasteiger partial charge in [0, 0.05) is 29.7 Å². The van der Waals surface area contributed by atoms with E-state index in [0.29, 0.717) is 6.54 Å². The van der Waals surface area contributed by atoms with Crippen molar-refractivity contribution in [2.24, 2.45) is 0 Å². The molecule has 0 aliphatic heterocycles. The fraction of sp³-hybridized carbons (Fsp3) is 0.391. The molecule has 0 aliphatic rings. The smallest absolute Gasteiger partial charge is 0.122 e. The molecule has 4 heteroatoms. The van der Waals surface area contributed by atoms with Gasteiger partial charge in [-0.3, -0.25) is 0 Å². The summed E-state index contributed by atoms with van der Waals surface area (Å²) in [6, 6.07) is 18.5. The SMILES string of the molecule is CCc1ccccc1OCC(O)CNC(C)(C)Cc1cc2ccccc2[nH]1. The molecule has 3 rings (SSSR count). The minimum Gasteiger partial charge on any atom is -0.491 e. The molecular formula is C23H30N2O2. The number of hydrogen-bond donors (Lipinski definition) is 3. The molecule has 0 fully saturated rings. The molecule has 0 amide bonds. The van der Waals surface area contributed by atoms with E-state index < -0.39 is 6.10 Å². The van der Waals surface area contributed by atoms with Crippen LogP contribution in [0.25, 0.3) is 10.9 Å². The number of ether oxygens (including phenoxy) is 1. The molecule has 0 saturated heterocycles. The fourth-order valence-corrected chi connectivity index (χ4v) is 3.34. The lowest BCUT2D eigenvalue weighted by Crippen LogP contribution is -2.46. The van der Waals surface area contributed by atoms with Crippen molar-refractivity contribution >= 4 is 10.9 Å². The fourth-order valence-electron chi connectivity index (χ4n) is 3.34. The molecule has 0 saturated carbocycles. The Bertz CT molecular complexity index is 836. The van der Waals surface area contributed by atoms with Crippen LogP contribution in [0.5, 0.6) is 5.75 Å². The minimum absolute atomic E-state index is 0.136. The number of fused-ring (bicyclic) bond motifs is 1. The first-order valence-electron chi connectivity index (χ1n) is 9.67. The number of hydrogen-bond acceptors (Lipinski definition) is 3. The Morgan fingerprint density at radius 2 is 1.85 bits per heavy atom. The molecule has 3 aromatic rings. The van der Waals surface area contributed by atoms with Gasteiger partial charge in [-0.1, -0.05) is 43.3 Å². The van der Waals surface area contributed by atoms with Gasteiger partial charge in [-0.05, 0) is 49.4 Å². The number of aromatic amines is 1. The van der Waals surface area contributed by atoms with E-state index in [4.69, 9.17) is 4.74 Å². The van der Waals surface area contributed by atoms with E-state index in [2.05, 4.69) is 61.4 Å². The molecule has 1 unspecified atom stereocenters. The standard InChI is InChI=1S/C23H30N2O2/c1-4-17-9-6-8-12-22(17)27-16-20(26)15-24-23(2,3)14-19-13-18-10-5-7-11-21(18)25-19/h5-13,20,24-26H,4,14-16H2,1-3H3. The topological polar surface area (TPSA) is 57.3 Å². The van der Waals surface area contributed by atoms with Gasteiger partial charge in [0.15, 0.2) is 0 Å². The molecule has 144 valence electrons. The lowest BCUT2D eigenvalue weighted by Gasteiger charge is -2.27. The number of aryl methyl sites for hydroxylation is 1. The van der Waals surface area contributed by atoms with E-state index in [1.807, 2.05) is 24.3 Å². The first-order chi connectivity index (χ1) is 13.0. The second-order valence-electron chi connectivity index (χ2n) is 7.75. The van der Waals surface area contributed by atoms with E-state index in [0.717, 1.165) is 29.7 Å². The third kappa shape index (κ3) is 5.34. The van der Waals surface area contributed by atoms with Crippen LogP contribution in [0.3, 0.4) is 0 Å². The van der Waals surface area contributed by atoms with Crippen molar-refractivity contribution in [3.63, 3.8) is 0 Å². The lowest BCUT2D eigenvalue weighted by atomic mass is 9.98. The molecule has 27 heavy (non-hydrogen) atoms. The molecule has 4 nitrogen and oxygen atoms in total. The molecule has 3 N–H and O–H groups in total. The van der Waals surface area contributed by atoms with E-state index >= 15 is 0 Å². The Morgan fingerprint density at radius 3 is 2.63 bits per heavy atom. The average Bonchev–Trinajstić information content (AvgIpc) is 3.06. The normalized spacial score (nSPS) is 13.0. The zero-order valence-corrected chi connectivity index (χ0v) is 16.5. The van der Waals surface area contributed by atoms with Crippen molar-refractivity contribution in [2.75, 3.05) is 13.2 Å². The molecule has 2 aromatic carbocycles. The first-order valence-corrected chi connectivity index (χ1v) is 9.67. The number of β-amino-alcohol motifs (C(OH)–C–C–N with tert-alkyl or cyclic N) is 1. The molecule has 1 aromatic heterocycles. The predicted octanol–water partition coefficient (Wildman–Crippen LogP) is 4.08. The van der Waals surface area contributed by atoms with Gasteiger partial charge in [0.25, 0.3) is 0 Å². The Morgan fingerprint density at radius 1 is 1.11 bits per heavy atom. The van der Waals surface area contributed by atoms with Gasteiger partial charge in [-0.2, -0.15) is 0 Å². The summed E-state index contributed by atoms with van der Waals surface area (Å²) in [6.07, 6.45) is 1.22. The van der Waals surface area contributed by atoms with Crippen LogP contribution in [-0.4, -0.2) is 34.9 Å². The van der Waals surface area contributed by atoms with Gasteiger partial charge in [-0.25, -0.2) is 0 Å². The maximum atomic E-state index is 10.3. The van der Waals surface area contributed by atoms with Crippen molar-refractivity contribution < 1.29 is 9.84 Å². The Balaban J connectivity index is 1.50. The van der Waals surface area contributed by atoms with Crippen molar-refractivity contribution in [3.8, 4) is 5.75 Å². The summed E-state index contributed by atoms with van der Waals surface area (Å²) in [5.41, 5.74) is 3.38. The Hall–Kier alpha value is -2.30. The maximum Gasteiger partial charge on any atom is 0.122 e. The molecule has 0 aliphatic carbocycles. The second-order valence-corrected chi connectivity index (χ2v) is 7.75. The number of benzene rings is 2. The van der Waals surface area contributed by atoms with Crippen LogP contribution in [0.15, 0.2) is 54.6 Å². The summed E-state index contributed by atoms with van der Waals surface area (Å²) in [6.45, 7) is 7.18. The van der Waals surface area contributed by atoms with Crippen molar-refractivity contribution in [1.82, 2.24) is 10.3 Å². The monoisotopic (exact) mass is 366 g/mol. The second kappa shape index (κ2) is 8.59. The van der Waals surface area contributed by atoms with Crippen LogP contribution in [-0.2, 0) is 12.8 Å². The zero-order valence-electron chi connectivity index (χ0n) is 16.5. The molecule has 0 radical (unpaired) electrons. The third-order valence-corrected chi connectivity index (χ3v) is 4.82. The lowest BCUT2D eigenvalue weighted by molar-refractivity contribution is 0.0983. The highest BCUT2D eigenvalue weighted by molar-refractivity contribution is 5.80. The summed E-state index contributed by atoms with van der Waals surface area (Å²) in [5.74, 6) is 0.858. The van der Waals surface area contributed by atoms with Crippen LogP contribution < -0.4 is 10.1 Å². The predicted molar refractivity (Wildman–Crippen MR) is 111 cm³/mol. The number of nitrogens with one attached hydrogen (secondary N) is 2. The van der Waals surface area contributed by atoms with Gasteiger partial charge in [0.1, 0.15) is 18.5 Å². The number of H-pyrrole nitrogens is 1. The number of para-hydroxylation sites is 2. The highest BCUT2D eigenvalue weighted by Gasteiger charge is 2.20. The number of rotatable bonds is 9. The number of aromatic nitrogens is 1. The zero-order chi connectivity index (χ0) is 19.3. The van der Waals surface area contributed by atoms with E-state index in [1.54, 1.807) is 0 Å². The van der Waals surface area contributed by atoms with Gasteiger partial charge in [0.05, 0.1) is 0 Å². The highest BCUT2D eigenvalue weighted by Crippen LogP contribution is 2.20. The van der Waals surface area contributed by atoms with Crippen molar-refractivity contribution in [1.29, 1.82) is 0 Å². The average molecular weight is 367 g/mol. The largest absolute Gasteiger partial charge is 0.491 e. The molecule has 1 heterocycles. The summed E-state index contributed by atoms with van der Waals surface area (Å²) < 4.78 is 5.82. The summed E-state index contributed by atoms with van der Waals surface area (Å²) in [4.78, 5) is 3.47. The van der Waals surface area contributed by atoms with E-state index in [1.165, 1.54) is 11.1 Å².